The third-order valence-corrected chi connectivity index (χ3v) is 6.02. The quantitative estimate of drug-likeness (QED) is 0.750. The Morgan fingerprint density at radius 1 is 1.00 bits per heavy atom. The Kier molecular flexibility index (Phi) is 6.23. The van der Waals surface area contributed by atoms with Crippen LogP contribution in [-0.2, 0) is 14.8 Å². The van der Waals surface area contributed by atoms with Crippen LogP contribution in [0.3, 0.4) is 0 Å². The Morgan fingerprint density at radius 3 is 2.10 bits per heavy atom. The third kappa shape index (κ3) is 5.77. The van der Waals surface area contributed by atoms with Crippen LogP contribution in [0.15, 0.2) is 53.4 Å². The summed E-state index contributed by atoms with van der Waals surface area (Å²) in [5.74, 6) is -0.488. The maximum absolute atomic E-state index is 12.5. The SMILES string of the molecule is COC1CCN(c2ccc(NS(=O)(=O)c3ccc(OC(F)(F)F)cc3)cc2)CC1. The van der Waals surface area contributed by atoms with Crippen LogP contribution in [0.4, 0.5) is 24.5 Å². The lowest BCUT2D eigenvalue weighted by molar-refractivity contribution is -0.274. The first-order valence-corrected chi connectivity index (χ1v) is 10.4. The van der Waals surface area contributed by atoms with Gasteiger partial charge >= 0.3 is 6.36 Å². The fourth-order valence-electron chi connectivity index (χ4n) is 3.12. The van der Waals surface area contributed by atoms with E-state index in [0.29, 0.717) is 5.69 Å². The second-order valence-electron chi connectivity index (χ2n) is 6.59. The van der Waals surface area contributed by atoms with Gasteiger partial charge < -0.3 is 14.4 Å². The molecule has 1 fully saturated rings. The molecule has 0 saturated carbocycles. The molecule has 0 aliphatic carbocycles. The zero-order valence-electron chi connectivity index (χ0n) is 15.6. The molecule has 0 radical (unpaired) electrons. The van der Waals surface area contributed by atoms with Crippen LogP contribution in [0.5, 0.6) is 5.75 Å². The monoisotopic (exact) mass is 430 g/mol. The molecule has 10 heteroatoms. The molecule has 29 heavy (non-hydrogen) atoms. The minimum Gasteiger partial charge on any atom is -0.406 e. The van der Waals surface area contributed by atoms with Crippen molar-refractivity contribution in [3.63, 3.8) is 0 Å². The number of nitrogens with one attached hydrogen (secondary N) is 1. The average molecular weight is 430 g/mol. The maximum atomic E-state index is 12.5. The molecular formula is C19H21F3N2O4S. The van der Waals surface area contributed by atoms with Crippen molar-refractivity contribution < 1.29 is 31.1 Å². The number of sulfonamides is 1. The van der Waals surface area contributed by atoms with E-state index in [4.69, 9.17) is 4.74 Å². The van der Waals surface area contributed by atoms with E-state index in [1.807, 2.05) is 12.1 Å². The Balaban J connectivity index is 1.64. The standard InChI is InChI=1S/C19H21F3N2O4S/c1-27-16-10-12-24(13-11-16)15-4-2-14(3-5-15)23-29(25,26)18-8-6-17(7-9-18)28-19(20,21)22/h2-9,16,23H,10-13H2,1H3. The first kappa shape index (κ1) is 21.3. The van der Waals surface area contributed by atoms with Gasteiger partial charge in [0.1, 0.15) is 5.75 Å². The first-order chi connectivity index (χ1) is 13.7. The summed E-state index contributed by atoms with van der Waals surface area (Å²) in [7, 11) is -2.23. The molecule has 158 valence electrons. The molecule has 1 aliphatic heterocycles. The lowest BCUT2D eigenvalue weighted by Crippen LogP contribution is -2.36. The molecule has 0 unspecified atom stereocenters. The molecular weight excluding hydrogens is 409 g/mol. The third-order valence-electron chi connectivity index (χ3n) is 4.63. The van der Waals surface area contributed by atoms with Gasteiger partial charge in [0.2, 0.25) is 0 Å². The zero-order chi connectivity index (χ0) is 21.1. The average Bonchev–Trinajstić information content (AvgIpc) is 2.67. The predicted octanol–water partition coefficient (Wildman–Crippen LogP) is 4.00. The van der Waals surface area contributed by atoms with E-state index in [9.17, 15) is 21.6 Å². The molecule has 0 bridgehead atoms. The summed E-state index contributed by atoms with van der Waals surface area (Å²) >= 11 is 0. The highest BCUT2D eigenvalue weighted by atomic mass is 32.2. The van der Waals surface area contributed by atoms with Crippen molar-refractivity contribution >= 4 is 21.4 Å². The number of benzene rings is 2. The minimum atomic E-state index is -4.83. The smallest absolute Gasteiger partial charge is 0.406 e. The predicted molar refractivity (Wildman–Crippen MR) is 103 cm³/mol. The van der Waals surface area contributed by atoms with Gasteiger partial charge in [-0.25, -0.2) is 8.42 Å². The number of alkyl halides is 3. The van der Waals surface area contributed by atoms with Gasteiger partial charge in [-0.1, -0.05) is 0 Å². The van der Waals surface area contributed by atoms with Crippen LogP contribution in [0, 0.1) is 0 Å². The number of hydrogen-bond acceptors (Lipinski definition) is 5. The number of ether oxygens (including phenoxy) is 2. The van der Waals surface area contributed by atoms with Gasteiger partial charge in [-0.3, -0.25) is 4.72 Å². The van der Waals surface area contributed by atoms with E-state index >= 15 is 0 Å². The topological polar surface area (TPSA) is 67.9 Å². The normalized spacial score (nSPS) is 15.9. The van der Waals surface area contributed by atoms with Gasteiger partial charge in [0.05, 0.1) is 11.0 Å². The highest BCUT2D eigenvalue weighted by Crippen LogP contribution is 2.26. The van der Waals surface area contributed by atoms with Crippen LogP contribution in [0.25, 0.3) is 0 Å². The Hall–Kier alpha value is -2.46. The summed E-state index contributed by atoms with van der Waals surface area (Å²) in [5, 5.41) is 0. The highest BCUT2D eigenvalue weighted by Gasteiger charge is 2.31. The Morgan fingerprint density at radius 2 is 1.59 bits per heavy atom. The van der Waals surface area contributed by atoms with E-state index in [1.54, 1.807) is 19.2 Å². The molecule has 0 spiro atoms. The second kappa shape index (κ2) is 8.50. The summed E-state index contributed by atoms with van der Waals surface area (Å²) in [6.45, 7) is 1.71. The number of hydrogen-bond donors (Lipinski definition) is 1. The van der Waals surface area contributed by atoms with Crippen molar-refractivity contribution in [1.82, 2.24) is 0 Å². The molecule has 1 saturated heterocycles. The molecule has 1 aliphatic rings. The van der Waals surface area contributed by atoms with E-state index in [-0.39, 0.29) is 11.0 Å². The van der Waals surface area contributed by atoms with Gasteiger partial charge in [-0.15, -0.1) is 13.2 Å². The summed E-state index contributed by atoms with van der Waals surface area (Å²) in [5.41, 5.74) is 1.34. The summed E-state index contributed by atoms with van der Waals surface area (Å²) in [4.78, 5) is 2.03. The molecule has 1 N–H and O–H groups in total. The second-order valence-corrected chi connectivity index (χ2v) is 8.28. The van der Waals surface area contributed by atoms with Crippen molar-refractivity contribution in [2.24, 2.45) is 0 Å². The van der Waals surface area contributed by atoms with Gasteiger partial charge in [-0.05, 0) is 61.4 Å². The van der Waals surface area contributed by atoms with E-state index in [2.05, 4.69) is 14.4 Å². The van der Waals surface area contributed by atoms with Crippen LogP contribution < -0.4 is 14.4 Å². The van der Waals surface area contributed by atoms with E-state index in [1.165, 1.54) is 0 Å². The fourth-order valence-corrected chi connectivity index (χ4v) is 4.18. The molecule has 2 aromatic carbocycles. The number of nitrogens with zero attached hydrogens (tertiary/aromatic N) is 1. The van der Waals surface area contributed by atoms with Gasteiger partial charge in [0, 0.05) is 31.6 Å². The van der Waals surface area contributed by atoms with Gasteiger partial charge in [0.15, 0.2) is 0 Å². The molecule has 3 rings (SSSR count). The largest absolute Gasteiger partial charge is 0.573 e. The van der Waals surface area contributed by atoms with Crippen LogP contribution in [0.1, 0.15) is 12.8 Å². The van der Waals surface area contributed by atoms with Crippen molar-refractivity contribution in [2.45, 2.75) is 30.2 Å². The zero-order valence-corrected chi connectivity index (χ0v) is 16.5. The molecule has 0 atom stereocenters. The number of rotatable bonds is 6. The number of halogens is 3. The summed E-state index contributed by atoms with van der Waals surface area (Å²) in [6, 6.07) is 11.0. The van der Waals surface area contributed by atoms with Crippen molar-refractivity contribution in [3.05, 3.63) is 48.5 Å². The Bertz CT molecular complexity index is 908. The number of anilines is 2. The molecule has 2 aromatic rings. The van der Waals surface area contributed by atoms with Crippen LogP contribution in [-0.4, -0.2) is 41.1 Å². The number of methoxy groups -OCH3 is 1. The van der Waals surface area contributed by atoms with Crippen molar-refractivity contribution in [3.8, 4) is 5.75 Å². The van der Waals surface area contributed by atoms with Gasteiger partial charge in [-0.2, -0.15) is 0 Å². The summed E-state index contributed by atoms with van der Waals surface area (Å²) in [6.07, 6.45) is -2.71. The van der Waals surface area contributed by atoms with Gasteiger partial charge in [0.25, 0.3) is 10.0 Å². The van der Waals surface area contributed by atoms with E-state index < -0.39 is 22.1 Å². The lowest BCUT2D eigenvalue weighted by atomic mass is 10.1. The highest BCUT2D eigenvalue weighted by molar-refractivity contribution is 7.92. The van der Waals surface area contributed by atoms with Crippen LogP contribution >= 0.6 is 0 Å². The molecule has 1 heterocycles. The first-order valence-electron chi connectivity index (χ1n) is 8.93. The fraction of sp³-hybridized carbons (Fsp3) is 0.368. The molecule has 0 amide bonds. The Labute approximate surface area is 167 Å². The molecule has 0 aromatic heterocycles. The van der Waals surface area contributed by atoms with E-state index in [0.717, 1.165) is 55.9 Å². The molecule has 6 nitrogen and oxygen atoms in total. The van der Waals surface area contributed by atoms with Crippen molar-refractivity contribution in [2.75, 3.05) is 29.8 Å². The van der Waals surface area contributed by atoms with Crippen LogP contribution in [0.2, 0.25) is 0 Å². The maximum Gasteiger partial charge on any atom is 0.573 e. The van der Waals surface area contributed by atoms with Crippen molar-refractivity contribution in [1.29, 1.82) is 0 Å². The lowest BCUT2D eigenvalue weighted by Gasteiger charge is -2.33. The summed E-state index contributed by atoms with van der Waals surface area (Å²) < 4.78 is 73.0. The number of piperidine rings is 1. The minimum absolute atomic E-state index is 0.169.